The number of carbonyl (C=O) groups excluding carboxylic acids is 1. The monoisotopic (exact) mass is 286 g/mol. The van der Waals surface area contributed by atoms with Gasteiger partial charge in [0, 0.05) is 6.26 Å². The van der Waals surface area contributed by atoms with Crippen LogP contribution in [0.4, 0.5) is 4.39 Å². The van der Waals surface area contributed by atoms with Crippen LogP contribution in [0.5, 0.6) is 0 Å². The normalized spacial score (nSPS) is 26.2. The molecule has 1 saturated heterocycles. The van der Waals surface area contributed by atoms with Gasteiger partial charge in [-0.25, -0.2) is 12.8 Å². The van der Waals surface area contributed by atoms with Crippen LogP contribution >= 0.6 is 0 Å². The molecule has 1 aliphatic rings. The summed E-state index contributed by atoms with van der Waals surface area (Å²) in [6, 6.07) is 5.40. The van der Waals surface area contributed by atoms with Crippen LogP contribution in [-0.4, -0.2) is 31.5 Å². The van der Waals surface area contributed by atoms with Crippen molar-refractivity contribution in [2.24, 2.45) is 0 Å². The predicted molar refractivity (Wildman–Crippen MR) is 67.9 cm³/mol. The summed E-state index contributed by atoms with van der Waals surface area (Å²) in [5.41, 5.74) is -0.798. The molecule has 0 saturated carbocycles. The van der Waals surface area contributed by atoms with Crippen molar-refractivity contribution in [2.75, 3.05) is 6.26 Å². The van der Waals surface area contributed by atoms with E-state index >= 15 is 0 Å². The minimum absolute atomic E-state index is 0.325. The number of benzene rings is 1. The fraction of sp³-hybridized carbons (Fsp3) is 0.462. The highest BCUT2D eigenvalue weighted by molar-refractivity contribution is 7.91. The molecule has 0 spiro atoms. The lowest BCUT2D eigenvalue weighted by Gasteiger charge is -2.25. The first kappa shape index (κ1) is 14.0. The molecule has 1 aromatic carbocycles. The van der Waals surface area contributed by atoms with Crippen molar-refractivity contribution in [3.05, 3.63) is 35.6 Å². The maximum absolute atomic E-state index is 13.3. The lowest BCUT2D eigenvalue weighted by Crippen LogP contribution is -2.40. The smallest absolute Gasteiger partial charge is 0.315 e. The predicted octanol–water partition coefficient (Wildman–Crippen LogP) is 1.66. The van der Waals surface area contributed by atoms with Gasteiger partial charge in [-0.2, -0.15) is 0 Å². The maximum Gasteiger partial charge on any atom is 0.315 e. The summed E-state index contributed by atoms with van der Waals surface area (Å²) >= 11 is 0. The Morgan fingerprint density at radius 1 is 1.32 bits per heavy atom. The molecular weight excluding hydrogens is 271 g/mol. The van der Waals surface area contributed by atoms with Crippen molar-refractivity contribution >= 4 is 15.8 Å². The van der Waals surface area contributed by atoms with Gasteiger partial charge >= 0.3 is 5.97 Å². The molecular formula is C13H15FO4S. The van der Waals surface area contributed by atoms with Gasteiger partial charge in [0.05, 0.1) is 0 Å². The Morgan fingerprint density at radius 3 is 2.47 bits per heavy atom. The summed E-state index contributed by atoms with van der Waals surface area (Å²) < 4.78 is 42.3. The second kappa shape index (κ2) is 4.30. The minimum atomic E-state index is -3.52. The Labute approximate surface area is 111 Å². The Hall–Kier alpha value is -1.43. The average molecular weight is 286 g/mol. The molecule has 0 radical (unpaired) electrons. The summed E-state index contributed by atoms with van der Waals surface area (Å²) in [6.45, 7) is 3.10. The van der Waals surface area contributed by atoms with E-state index in [-0.39, 0.29) is 0 Å². The van der Waals surface area contributed by atoms with Gasteiger partial charge in [-0.1, -0.05) is 12.1 Å². The minimum Gasteiger partial charge on any atom is -0.458 e. The van der Waals surface area contributed by atoms with Crippen LogP contribution in [0.1, 0.15) is 25.3 Å². The molecule has 2 rings (SSSR count). The zero-order valence-electron chi connectivity index (χ0n) is 10.9. The van der Waals surface area contributed by atoms with Crippen LogP contribution in [0, 0.1) is 5.82 Å². The third kappa shape index (κ3) is 2.49. The topological polar surface area (TPSA) is 60.4 Å². The van der Waals surface area contributed by atoms with Gasteiger partial charge in [-0.15, -0.1) is 0 Å². The van der Waals surface area contributed by atoms with Crippen molar-refractivity contribution in [1.29, 1.82) is 0 Å². The van der Waals surface area contributed by atoms with Crippen LogP contribution in [0.2, 0.25) is 0 Å². The Kier molecular flexibility index (Phi) is 3.16. The molecule has 4 nitrogen and oxygen atoms in total. The highest BCUT2D eigenvalue weighted by Gasteiger charge is 2.55. The molecule has 104 valence electrons. The molecule has 0 N–H and O–H groups in total. The van der Waals surface area contributed by atoms with E-state index in [0.717, 1.165) is 6.26 Å². The molecule has 19 heavy (non-hydrogen) atoms. The molecule has 0 aromatic heterocycles. The lowest BCUT2D eigenvalue weighted by atomic mass is 9.90. The second-order valence-electron chi connectivity index (χ2n) is 5.31. The average Bonchev–Trinajstić information content (AvgIpc) is 2.47. The second-order valence-corrected chi connectivity index (χ2v) is 7.47. The molecule has 1 fully saturated rings. The van der Waals surface area contributed by atoms with E-state index in [0.29, 0.717) is 5.56 Å². The van der Waals surface area contributed by atoms with E-state index in [1.807, 2.05) is 0 Å². The standard InChI is InChI=1S/C13H15FO4S/c1-13(2)11(19(3,16)17)10(12(15)18-13)8-5-4-6-9(14)7-8/h4-7,10-11H,1-3H3. The van der Waals surface area contributed by atoms with E-state index in [2.05, 4.69) is 0 Å². The number of sulfone groups is 1. The number of esters is 1. The van der Waals surface area contributed by atoms with Gasteiger partial charge < -0.3 is 4.74 Å². The summed E-state index contributed by atoms with van der Waals surface area (Å²) in [5, 5.41) is -1.02. The number of rotatable bonds is 2. The molecule has 2 atom stereocenters. The Balaban J connectivity index is 2.57. The van der Waals surface area contributed by atoms with E-state index in [1.54, 1.807) is 13.8 Å². The number of cyclic esters (lactones) is 1. The quantitative estimate of drug-likeness (QED) is 0.776. The zero-order chi connectivity index (χ0) is 14.4. The van der Waals surface area contributed by atoms with Crippen LogP contribution in [0.15, 0.2) is 24.3 Å². The molecule has 1 aliphatic heterocycles. The Bertz CT molecular complexity index is 621. The summed E-state index contributed by atoms with van der Waals surface area (Å²) in [4.78, 5) is 11.9. The highest BCUT2D eigenvalue weighted by atomic mass is 32.2. The Morgan fingerprint density at radius 2 is 1.95 bits per heavy atom. The van der Waals surface area contributed by atoms with Gasteiger partial charge in [-0.05, 0) is 31.5 Å². The summed E-state index contributed by atoms with van der Waals surface area (Å²) in [7, 11) is -3.52. The molecule has 6 heteroatoms. The van der Waals surface area contributed by atoms with Crippen molar-refractivity contribution in [1.82, 2.24) is 0 Å². The fourth-order valence-corrected chi connectivity index (χ4v) is 4.52. The summed E-state index contributed by atoms with van der Waals surface area (Å²) in [5.74, 6) is -2.13. The summed E-state index contributed by atoms with van der Waals surface area (Å²) in [6.07, 6.45) is 1.06. The molecule has 0 aliphatic carbocycles. The van der Waals surface area contributed by atoms with Gasteiger partial charge in [0.25, 0.3) is 0 Å². The SMILES string of the molecule is CC1(C)OC(=O)C(c2cccc(F)c2)C1S(C)(=O)=O. The van der Waals surface area contributed by atoms with Crippen LogP contribution < -0.4 is 0 Å². The number of halogens is 1. The fourth-order valence-electron chi connectivity index (χ4n) is 2.68. The van der Waals surface area contributed by atoms with Crippen molar-refractivity contribution < 1.29 is 22.3 Å². The zero-order valence-corrected chi connectivity index (χ0v) is 11.7. The lowest BCUT2D eigenvalue weighted by molar-refractivity contribution is -0.146. The number of ether oxygens (including phenoxy) is 1. The first-order valence-corrected chi connectivity index (χ1v) is 7.75. The van der Waals surface area contributed by atoms with E-state index < -0.39 is 38.4 Å². The molecule has 1 heterocycles. The van der Waals surface area contributed by atoms with Gasteiger partial charge in [0.2, 0.25) is 0 Å². The molecule has 0 amide bonds. The maximum atomic E-state index is 13.3. The number of carbonyl (C=O) groups is 1. The third-order valence-corrected chi connectivity index (χ3v) is 5.04. The van der Waals surface area contributed by atoms with Gasteiger partial charge in [0.1, 0.15) is 22.6 Å². The highest BCUT2D eigenvalue weighted by Crippen LogP contribution is 2.41. The first-order chi connectivity index (χ1) is 8.63. The molecule has 2 unspecified atom stereocenters. The van der Waals surface area contributed by atoms with Crippen LogP contribution in [-0.2, 0) is 19.4 Å². The van der Waals surface area contributed by atoms with Crippen molar-refractivity contribution in [3.8, 4) is 0 Å². The number of hydrogen-bond donors (Lipinski definition) is 0. The van der Waals surface area contributed by atoms with Crippen molar-refractivity contribution in [2.45, 2.75) is 30.6 Å². The van der Waals surface area contributed by atoms with Gasteiger partial charge in [0.15, 0.2) is 9.84 Å². The molecule has 1 aromatic rings. The first-order valence-electron chi connectivity index (χ1n) is 5.80. The van der Waals surface area contributed by atoms with Gasteiger partial charge in [-0.3, -0.25) is 4.79 Å². The number of hydrogen-bond acceptors (Lipinski definition) is 4. The van der Waals surface area contributed by atoms with E-state index in [9.17, 15) is 17.6 Å². The van der Waals surface area contributed by atoms with Crippen LogP contribution in [0.3, 0.4) is 0 Å². The van der Waals surface area contributed by atoms with E-state index in [4.69, 9.17) is 4.74 Å². The van der Waals surface area contributed by atoms with Crippen LogP contribution in [0.25, 0.3) is 0 Å². The largest absolute Gasteiger partial charge is 0.458 e. The van der Waals surface area contributed by atoms with Crippen molar-refractivity contribution in [3.63, 3.8) is 0 Å². The third-order valence-electron chi connectivity index (χ3n) is 3.27. The molecule has 0 bridgehead atoms. The van der Waals surface area contributed by atoms with E-state index in [1.165, 1.54) is 24.3 Å².